The monoisotopic (exact) mass is 193 g/mol. The van der Waals surface area contributed by atoms with E-state index in [-0.39, 0.29) is 5.97 Å². The molecule has 0 saturated carbocycles. The van der Waals surface area contributed by atoms with E-state index in [1.165, 1.54) is 0 Å². The van der Waals surface area contributed by atoms with E-state index in [4.69, 9.17) is 10.5 Å². The molecule has 1 rings (SSSR count). The third-order valence-electron chi connectivity index (χ3n) is 2.07. The summed E-state index contributed by atoms with van der Waals surface area (Å²) in [5.41, 5.74) is 8.18. The fourth-order valence-corrected chi connectivity index (χ4v) is 1.27. The number of hydrogen-bond acceptors (Lipinski definition) is 3. The van der Waals surface area contributed by atoms with Crippen LogP contribution in [-0.4, -0.2) is 12.6 Å². The second-order valence-electron chi connectivity index (χ2n) is 3.07. The van der Waals surface area contributed by atoms with E-state index in [0.29, 0.717) is 18.7 Å². The number of hydrogen-bond donors (Lipinski definition) is 1. The molecule has 0 aliphatic carbocycles. The van der Waals surface area contributed by atoms with Gasteiger partial charge >= 0.3 is 5.97 Å². The number of carbonyl (C=O) groups is 1. The minimum absolute atomic E-state index is 0.279. The number of rotatable bonds is 3. The van der Waals surface area contributed by atoms with Gasteiger partial charge in [0.1, 0.15) is 0 Å². The summed E-state index contributed by atoms with van der Waals surface area (Å²) in [7, 11) is 0. The SMILES string of the molecule is CCOC(=O)c1ccc(CN)c(C)c1. The standard InChI is InChI=1S/C11H15NO2/c1-3-14-11(13)9-4-5-10(7-12)8(2)6-9/h4-6H,3,7,12H2,1-2H3. The van der Waals surface area contributed by atoms with Crippen LogP contribution in [0.4, 0.5) is 0 Å². The van der Waals surface area contributed by atoms with Crippen molar-refractivity contribution in [2.24, 2.45) is 5.73 Å². The first kappa shape index (κ1) is 10.7. The molecule has 0 fully saturated rings. The second-order valence-corrected chi connectivity index (χ2v) is 3.07. The first-order valence-electron chi connectivity index (χ1n) is 4.65. The predicted molar refractivity (Wildman–Crippen MR) is 55.0 cm³/mol. The van der Waals surface area contributed by atoms with Crippen LogP contribution < -0.4 is 5.73 Å². The van der Waals surface area contributed by atoms with Crippen molar-refractivity contribution in [3.05, 3.63) is 34.9 Å². The van der Waals surface area contributed by atoms with Crippen LogP contribution in [0.5, 0.6) is 0 Å². The molecule has 0 radical (unpaired) electrons. The zero-order valence-electron chi connectivity index (χ0n) is 8.54. The molecule has 1 aromatic carbocycles. The summed E-state index contributed by atoms with van der Waals surface area (Å²) in [6, 6.07) is 5.41. The summed E-state index contributed by atoms with van der Waals surface area (Å²) in [5.74, 6) is -0.279. The molecule has 0 amide bonds. The van der Waals surface area contributed by atoms with Gasteiger partial charge in [-0.15, -0.1) is 0 Å². The van der Waals surface area contributed by atoms with Gasteiger partial charge in [0.2, 0.25) is 0 Å². The van der Waals surface area contributed by atoms with Crippen molar-refractivity contribution < 1.29 is 9.53 Å². The lowest BCUT2D eigenvalue weighted by Crippen LogP contribution is -2.06. The third-order valence-corrected chi connectivity index (χ3v) is 2.07. The van der Waals surface area contributed by atoms with E-state index in [1.54, 1.807) is 19.1 Å². The molecular formula is C11H15NO2. The Balaban J connectivity index is 2.91. The zero-order chi connectivity index (χ0) is 10.6. The summed E-state index contributed by atoms with van der Waals surface area (Å²) >= 11 is 0. The van der Waals surface area contributed by atoms with Crippen molar-refractivity contribution in [2.45, 2.75) is 20.4 Å². The number of carbonyl (C=O) groups excluding carboxylic acids is 1. The Bertz CT molecular complexity index is 334. The molecule has 0 atom stereocenters. The Kier molecular flexibility index (Phi) is 3.65. The third kappa shape index (κ3) is 2.33. The second kappa shape index (κ2) is 4.77. The predicted octanol–water partition coefficient (Wildman–Crippen LogP) is 1.63. The number of benzene rings is 1. The van der Waals surface area contributed by atoms with Crippen molar-refractivity contribution in [1.82, 2.24) is 0 Å². The summed E-state index contributed by atoms with van der Waals surface area (Å²) in [4.78, 5) is 11.3. The average molecular weight is 193 g/mol. The van der Waals surface area contributed by atoms with Crippen molar-refractivity contribution >= 4 is 5.97 Å². The number of nitrogens with two attached hydrogens (primary N) is 1. The van der Waals surface area contributed by atoms with E-state index in [1.807, 2.05) is 13.0 Å². The molecule has 0 heterocycles. The largest absolute Gasteiger partial charge is 0.462 e. The van der Waals surface area contributed by atoms with Gasteiger partial charge in [-0.25, -0.2) is 4.79 Å². The van der Waals surface area contributed by atoms with Gasteiger partial charge in [0.25, 0.3) is 0 Å². The fraction of sp³-hybridized carbons (Fsp3) is 0.364. The molecule has 0 aliphatic rings. The molecule has 14 heavy (non-hydrogen) atoms. The Morgan fingerprint density at radius 3 is 2.71 bits per heavy atom. The first-order valence-corrected chi connectivity index (χ1v) is 4.65. The van der Waals surface area contributed by atoms with Crippen LogP contribution in [0.1, 0.15) is 28.4 Å². The van der Waals surface area contributed by atoms with E-state index < -0.39 is 0 Å². The van der Waals surface area contributed by atoms with Gasteiger partial charge in [0, 0.05) is 6.54 Å². The van der Waals surface area contributed by atoms with Crippen molar-refractivity contribution in [3.8, 4) is 0 Å². The molecular weight excluding hydrogens is 178 g/mol. The maximum absolute atomic E-state index is 11.3. The lowest BCUT2D eigenvalue weighted by molar-refractivity contribution is 0.0526. The maximum atomic E-state index is 11.3. The molecule has 3 nitrogen and oxygen atoms in total. The Labute approximate surface area is 83.9 Å². The maximum Gasteiger partial charge on any atom is 0.338 e. The molecule has 0 aromatic heterocycles. The molecule has 0 saturated heterocycles. The molecule has 3 heteroatoms. The molecule has 0 spiro atoms. The van der Waals surface area contributed by atoms with E-state index in [2.05, 4.69) is 0 Å². The molecule has 0 unspecified atom stereocenters. The normalized spacial score (nSPS) is 9.93. The van der Waals surface area contributed by atoms with Gasteiger partial charge in [-0.1, -0.05) is 6.07 Å². The lowest BCUT2D eigenvalue weighted by atomic mass is 10.1. The van der Waals surface area contributed by atoms with Crippen LogP contribution in [0.25, 0.3) is 0 Å². The van der Waals surface area contributed by atoms with Gasteiger partial charge in [0.15, 0.2) is 0 Å². The van der Waals surface area contributed by atoms with E-state index >= 15 is 0 Å². The fourth-order valence-electron chi connectivity index (χ4n) is 1.27. The molecule has 76 valence electrons. The number of ether oxygens (including phenoxy) is 1. The van der Waals surface area contributed by atoms with Crippen LogP contribution in [0.15, 0.2) is 18.2 Å². The number of esters is 1. The van der Waals surface area contributed by atoms with Crippen molar-refractivity contribution in [3.63, 3.8) is 0 Å². The summed E-state index contributed by atoms with van der Waals surface area (Å²) < 4.78 is 4.89. The van der Waals surface area contributed by atoms with Crippen LogP contribution in [0, 0.1) is 6.92 Å². The summed E-state index contributed by atoms with van der Waals surface area (Å²) in [6.07, 6.45) is 0. The van der Waals surface area contributed by atoms with Crippen molar-refractivity contribution in [2.75, 3.05) is 6.61 Å². The Morgan fingerprint density at radius 1 is 1.50 bits per heavy atom. The Morgan fingerprint density at radius 2 is 2.21 bits per heavy atom. The van der Waals surface area contributed by atoms with Gasteiger partial charge in [-0.2, -0.15) is 0 Å². The minimum atomic E-state index is -0.279. The van der Waals surface area contributed by atoms with Crippen molar-refractivity contribution in [1.29, 1.82) is 0 Å². The highest BCUT2D eigenvalue weighted by Gasteiger charge is 2.07. The Hall–Kier alpha value is -1.35. The summed E-state index contributed by atoms with van der Waals surface area (Å²) in [6.45, 7) is 4.62. The topological polar surface area (TPSA) is 52.3 Å². The minimum Gasteiger partial charge on any atom is -0.462 e. The lowest BCUT2D eigenvalue weighted by Gasteiger charge is -2.05. The van der Waals surface area contributed by atoms with Gasteiger partial charge in [-0.3, -0.25) is 0 Å². The highest BCUT2D eigenvalue weighted by Crippen LogP contribution is 2.11. The molecule has 0 bridgehead atoms. The van der Waals surface area contributed by atoms with Crippen LogP contribution in [0.3, 0.4) is 0 Å². The highest BCUT2D eigenvalue weighted by molar-refractivity contribution is 5.89. The van der Waals surface area contributed by atoms with Gasteiger partial charge < -0.3 is 10.5 Å². The average Bonchev–Trinajstić information content (AvgIpc) is 2.18. The zero-order valence-corrected chi connectivity index (χ0v) is 8.54. The molecule has 1 aromatic rings. The van der Waals surface area contributed by atoms with E-state index in [9.17, 15) is 4.79 Å². The quantitative estimate of drug-likeness (QED) is 0.742. The van der Waals surface area contributed by atoms with Crippen LogP contribution in [-0.2, 0) is 11.3 Å². The summed E-state index contributed by atoms with van der Waals surface area (Å²) in [5, 5.41) is 0. The van der Waals surface area contributed by atoms with E-state index in [0.717, 1.165) is 11.1 Å². The van der Waals surface area contributed by atoms with Gasteiger partial charge in [-0.05, 0) is 37.1 Å². The smallest absolute Gasteiger partial charge is 0.338 e. The highest BCUT2D eigenvalue weighted by atomic mass is 16.5. The molecule has 2 N–H and O–H groups in total. The van der Waals surface area contributed by atoms with Crippen LogP contribution in [0.2, 0.25) is 0 Å². The van der Waals surface area contributed by atoms with Gasteiger partial charge in [0.05, 0.1) is 12.2 Å². The number of aryl methyl sites for hydroxylation is 1. The first-order chi connectivity index (χ1) is 6.69. The molecule has 0 aliphatic heterocycles. The van der Waals surface area contributed by atoms with Crippen LogP contribution >= 0.6 is 0 Å².